The predicted molar refractivity (Wildman–Crippen MR) is 76.3 cm³/mol. The molecular weight excluding hydrogens is 258 g/mol. The van der Waals surface area contributed by atoms with Gasteiger partial charge >= 0.3 is 5.97 Å². The summed E-state index contributed by atoms with van der Waals surface area (Å²) in [5.41, 5.74) is 0.482. The summed E-state index contributed by atoms with van der Waals surface area (Å²) in [6.45, 7) is 5.25. The molecule has 108 valence electrons. The van der Waals surface area contributed by atoms with Crippen LogP contribution in [0.15, 0.2) is 30.0 Å². The molecule has 2 N–H and O–H groups in total. The molecule has 1 amide bonds. The lowest BCUT2D eigenvalue weighted by atomic mass is 10.1. The number of aliphatic carboxylic acids is 1. The topological polar surface area (TPSA) is 75.6 Å². The van der Waals surface area contributed by atoms with Crippen LogP contribution >= 0.6 is 0 Å². The van der Waals surface area contributed by atoms with Crippen LogP contribution in [-0.4, -0.2) is 23.1 Å². The molecule has 1 unspecified atom stereocenters. The SMILES string of the molecule is CCC(C)Oc1cccc(/C=C(\NC(C)=O)C(=O)O)c1. The van der Waals surface area contributed by atoms with Crippen molar-refractivity contribution in [2.24, 2.45) is 0 Å². The zero-order valence-electron chi connectivity index (χ0n) is 11.8. The smallest absolute Gasteiger partial charge is 0.352 e. The fourth-order valence-electron chi connectivity index (χ4n) is 1.50. The first-order valence-electron chi connectivity index (χ1n) is 6.41. The third kappa shape index (κ3) is 5.14. The third-order valence-electron chi connectivity index (χ3n) is 2.62. The lowest BCUT2D eigenvalue weighted by Gasteiger charge is -2.12. The van der Waals surface area contributed by atoms with Gasteiger partial charge in [-0.3, -0.25) is 4.79 Å². The summed E-state index contributed by atoms with van der Waals surface area (Å²) in [5.74, 6) is -0.945. The number of carbonyl (C=O) groups is 2. The molecule has 0 radical (unpaired) electrons. The van der Waals surface area contributed by atoms with E-state index in [1.165, 1.54) is 13.0 Å². The van der Waals surface area contributed by atoms with E-state index in [2.05, 4.69) is 5.32 Å². The quantitative estimate of drug-likeness (QED) is 0.783. The Hall–Kier alpha value is -2.30. The summed E-state index contributed by atoms with van der Waals surface area (Å²) in [6.07, 6.45) is 2.36. The average Bonchev–Trinajstić information content (AvgIpc) is 2.37. The number of benzene rings is 1. The lowest BCUT2D eigenvalue weighted by Crippen LogP contribution is -2.24. The first-order valence-corrected chi connectivity index (χ1v) is 6.41. The van der Waals surface area contributed by atoms with Gasteiger partial charge in [0.15, 0.2) is 0 Å². The maximum absolute atomic E-state index is 11.0. The molecule has 0 aliphatic rings. The summed E-state index contributed by atoms with van der Waals surface area (Å²) in [7, 11) is 0. The van der Waals surface area contributed by atoms with Crippen LogP contribution in [0.2, 0.25) is 0 Å². The molecule has 1 aromatic rings. The Morgan fingerprint density at radius 1 is 1.45 bits per heavy atom. The van der Waals surface area contributed by atoms with Gasteiger partial charge in [-0.25, -0.2) is 4.79 Å². The van der Waals surface area contributed by atoms with Gasteiger partial charge in [0.2, 0.25) is 5.91 Å². The van der Waals surface area contributed by atoms with Crippen LogP contribution in [0.3, 0.4) is 0 Å². The largest absolute Gasteiger partial charge is 0.491 e. The van der Waals surface area contributed by atoms with Crippen LogP contribution in [0.5, 0.6) is 5.75 Å². The number of carbonyl (C=O) groups excluding carboxylic acids is 1. The maximum atomic E-state index is 11.0. The number of carboxylic acids is 1. The number of nitrogens with one attached hydrogen (secondary N) is 1. The highest BCUT2D eigenvalue weighted by molar-refractivity contribution is 5.96. The number of rotatable bonds is 6. The highest BCUT2D eigenvalue weighted by Crippen LogP contribution is 2.17. The average molecular weight is 277 g/mol. The zero-order chi connectivity index (χ0) is 15.1. The van der Waals surface area contributed by atoms with Crippen molar-refractivity contribution in [1.82, 2.24) is 5.32 Å². The van der Waals surface area contributed by atoms with Gasteiger partial charge < -0.3 is 15.2 Å². The lowest BCUT2D eigenvalue weighted by molar-refractivity contribution is -0.134. The van der Waals surface area contributed by atoms with Gasteiger partial charge in [-0.15, -0.1) is 0 Å². The van der Waals surface area contributed by atoms with Crippen LogP contribution in [0.1, 0.15) is 32.8 Å². The molecular formula is C15H19NO4. The molecule has 5 nitrogen and oxygen atoms in total. The van der Waals surface area contributed by atoms with Crippen molar-refractivity contribution >= 4 is 18.0 Å². The second kappa shape index (κ2) is 7.33. The monoisotopic (exact) mass is 277 g/mol. The normalized spacial score (nSPS) is 12.7. The Kier molecular flexibility index (Phi) is 5.77. The van der Waals surface area contributed by atoms with E-state index in [0.717, 1.165) is 6.42 Å². The molecule has 1 atom stereocenters. The minimum absolute atomic E-state index is 0.0866. The van der Waals surface area contributed by atoms with Crippen LogP contribution in [-0.2, 0) is 9.59 Å². The summed E-state index contributed by atoms with van der Waals surface area (Å²) < 4.78 is 5.66. The second-order valence-corrected chi connectivity index (χ2v) is 4.45. The molecule has 0 bridgehead atoms. The predicted octanol–water partition coefficient (Wildman–Crippen LogP) is 2.43. The number of hydrogen-bond acceptors (Lipinski definition) is 3. The van der Waals surface area contributed by atoms with E-state index < -0.39 is 11.9 Å². The van der Waals surface area contributed by atoms with Crippen molar-refractivity contribution in [1.29, 1.82) is 0 Å². The number of carboxylic acid groups (broad SMARTS) is 1. The highest BCUT2D eigenvalue weighted by atomic mass is 16.5. The minimum atomic E-state index is -1.19. The molecule has 1 aromatic carbocycles. The Morgan fingerprint density at radius 3 is 2.70 bits per heavy atom. The van der Waals surface area contributed by atoms with Gasteiger partial charge in [0, 0.05) is 6.92 Å². The van der Waals surface area contributed by atoms with Crippen LogP contribution in [0.25, 0.3) is 6.08 Å². The molecule has 0 aliphatic carbocycles. The number of amides is 1. The zero-order valence-corrected chi connectivity index (χ0v) is 11.8. The van der Waals surface area contributed by atoms with Crippen molar-refractivity contribution in [3.63, 3.8) is 0 Å². The van der Waals surface area contributed by atoms with E-state index in [-0.39, 0.29) is 11.8 Å². The van der Waals surface area contributed by atoms with E-state index in [0.29, 0.717) is 11.3 Å². The minimum Gasteiger partial charge on any atom is -0.491 e. The van der Waals surface area contributed by atoms with E-state index in [9.17, 15) is 9.59 Å². The summed E-state index contributed by atoms with van der Waals surface area (Å²) in [4.78, 5) is 22.0. The van der Waals surface area contributed by atoms with Crippen LogP contribution in [0.4, 0.5) is 0 Å². The highest BCUT2D eigenvalue weighted by Gasteiger charge is 2.09. The molecule has 0 spiro atoms. The van der Waals surface area contributed by atoms with E-state index in [1.807, 2.05) is 19.9 Å². The van der Waals surface area contributed by atoms with Gasteiger partial charge in [0.05, 0.1) is 6.10 Å². The Labute approximate surface area is 118 Å². The van der Waals surface area contributed by atoms with Crippen LogP contribution in [0, 0.1) is 0 Å². The number of hydrogen-bond donors (Lipinski definition) is 2. The van der Waals surface area contributed by atoms with Crippen LogP contribution < -0.4 is 10.1 Å². The van der Waals surface area contributed by atoms with Gasteiger partial charge in [-0.05, 0) is 37.1 Å². The van der Waals surface area contributed by atoms with Crippen molar-refractivity contribution in [3.05, 3.63) is 35.5 Å². The van der Waals surface area contributed by atoms with E-state index in [1.54, 1.807) is 18.2 Å². The molecule has 0 aliphatic heterocycles. The van der Waals surface area contributed by atoms with Gasteiger partial charge in [-0.1, -0.05) is 19.1 Å². The second-order valence-electron chi connectivity index (χ2n) is 4.45. The Bertz CT molecular complexity index is 522. The standard InChI is InChI=1S/C15H19NO4/c1-4-10(2)20-13-7-5-6-12(8-13)9-14(15(18)19)16-11(3)17/h5-10H,4H2,1-3H3,(H,16,17)(H,18,19)/b14-9-. The molecule has 0 saturated carbocycles. The Balaban J connectivity index is 2.97. The van der Waals surface area contributed by atoms with E-state index in [4.69, 9.17) is 9.84 Å². The van der Waals surface area contributed by atoms with Gasteiger partial charge in [0.25, 0.3) is 0 Å². The summed E-state index contributed by atoms with van der Waals surface area (Å²) >= 11 is 0. The maximum Gasteiger partial charge on any atom is 0.352 e. The molecule has 5 heteroatoms. The molecule has 0 saturated heterocycles. The molecule has 20 heavy (non-hydrogen) atoms. The number of ether oxygens (including phenoxy) is 1. The van der Waals surface area contributed by atoms with Gasteiger partial charge in [-0.2, -0.15) is 0 Å². The molecule has 0 aromatic heterocycles. The van der Waals surface area contributed by atoms with Crippen molar-refractivity contribution in [2.45, 2.75) is 33.3 Å². The fourth-order valence-corrected chi connectivity index (χ4v) is 1.50. The first kappa shape index (κ1) is 15.8. The summed E-state index contributed by atoms with van der Waals surface area (Å²) in [6, 6.07) is 7.06. The third-order valence-corrected chi connectivity index (χ3v) is 2.62. The van der Waals surface area contributed by atoms with Gasteiger partial charge in [0.1, 0.15) is 11.4 Å². The molecule has 0 fully saturated rings. The first-order chi connectivity index (χ1) is 9.42. The van der Waals surface area contributed by atoms with E-state index >= 15 is 0 Å². The molecule has 0 heterocycles. The van der Waals surface area contributed by atoms with Crippen molar-refractivity contribution in [3.8, 4) is 5.75 Å². The molecule has 1 rings (SSSR count). The summed E-state index contributed by atoms with van der Waals surface area (Å²) in [5, 5.41) is 11.3. The Morgan fingerprint density at radius 2 is 2.15 bits per heavy atom. The fraction of sp³-hybridized carbons (Fsp3) is 0.333. The van der Waals surface area contributed by atoms with Crippen molar-refractivity contribution < 1.29 is 19.4 Å². The van der Waals surface area contributed by atoms with Crippen molar-refractivity contribution in [2.75, 3.05) is 0 Å².